The number of likely N-dealkylation sites (tertiary alicyclic amines) is 1. The minimum atomic E-state index is -3.64. The quantitative estimate of drug-likeness (QED) is 0.635. The summed E-state index contributed by atoms with van der Waals surface area (Å²) in [6, 6.07) is 13.3. The SMILES string of the molecule is Cc1ccc(S(=O)(=O)NCCC(=O)Nc2ccc(N(C)C3CCN(C)CC3)cc2)cc1C. The van der Waals surface area contributed by atoms with Crippen LogP contribution in [0.1, 0.15) is 30.4 Å². The van der Waals surface area contributed by atoms with Gasteiger partial charge >= 0.3 is 0 Å². The molecule has 2 N–H and O–H groups in total. The third kappa shape index (κ3) is 6.31. The molecule has 1 saturated heterocycles. The topological polar surface area (TPSA) is 81.7 Å². The van der Waals surface area contributed by atoms with Crippen molar-refractivity contribution in [3.05, 3.63) is 53.6 Å². The highest BCUT2D eigenvalue weighted by molar-refractivity contribution is 7.89. The first kappa shape index (κ1) is 24.2. The molecule has 0 radical (unpaired) electrons. The van der Waals surface area contributed by atoms with Gasteiger partial charge in [0.05, 0.1) is 4.90 Å². The molecule has 0 spiro atoms. The molecule has 1 amide bonds. The molecule has 1 aliphatic heterocycles. The standard InChI is InChI=1S/C24H34N4O3S/c1-18-5-10-23(17-19(18)2)32(30,31)25-14-11-24(29)26-20-6-8-21(9-7-20)28(4)22-12-15-27(3)16-13-22/h5-10,17,22,25H,11-16H2,1-4H3,(H,26,29). The molecule has 0 aromatic heterocycles. The molecule has 1 heterocycles. The minimum absolute atomic E-state index is 0.0397. The van der Waals surface area contributed by atoms with Crippen LogP contribution in [0, 0.1) is 13.8 Å². The Kier molecular flexibility index (Phi) is 7.92. The largest absolute Gasteiger partial charge is 0.372 e. The van der Waals surface area contributed by atoms with Gasteiger partial charge in [-0.3, -0.25) is 4.79 Å². The maximum atomic E-state index is 12.4. The normalized spacial score (nSPS) is 15.5. The van der Waals surface area contributed by atoms with Gasteiger partial charge in [-0.25, -0.2) is 13.1 Å². The van der Waals surface area contributed by atoms with Crippen LogP contribution in [0.15, 0.2) is 47.4 Å². The summed E-state index contributed by atoms with van der Waals surface area (Å²) in [4.78, 5) is 17.1. The average molecular weight is 459 g/mol. The van der Waals surface area contributed by atoms with Crippen LogP contribution in [0.5, 0.6) is 0 Å². The van der Waals surface area contributed by atoms with Crippen molar-refractivity contribution in [2.75, 3.05) is 43.9 Å². The molecular weight excluding hydrogens is 424 g/mol. The molecule has 32 heavy (non-hydrogen) atoms. The Hall–Kier alpha value is -2.42. The Balaban J connectivity index is 1.48. The predicted octanol–water partition coefficient (Wildman–Crippen LogP) is 3.14. The van der Waals surface area contributed by atoms with E-state index >= 15 is 0 Å². The maximum absolute atomic E-state index is 12.4. The Morgan fingerprint density at radius 3 is 2.34 bits per heavy atom. The van der Waals surface area contributed by atoms with Crippen LogP contribution in [-0.2, 0) is 14.8 Å². The van der Waals surface area contributed by atoms with Crippen molar-refractivity contribution in [3.63, 3.8) is 0 Å². The van der Waals surface area contributed by atoms with Crippen molar-refractivity contribution in [2.24, 2.45) is 0 Å². The van der Waals surface area contributed by atoms with Crippen molar-refractivity contribution in [3.8, 4) is 0 Å². The van der Waals surface area contributed by atoms with E-state index in [9.17, 15) is 13.2 Å². The van der Waals surface area contributed by atoms with E-state index < -0.39 is 10.0 Å². The molecule has 0 aliphatic carbocycles. The zero-order valence-electron chi connectivity index (χ0n) is 19.4. The molecule has 2 aromatic carbocycles. The molecule has 0 unspecified atom stereocenters. The van der Waals surface area contributed by atoms with Crippen molar-refractivity contribution in [1.82, 2.24) is 9.62 Å². The number of amides is 1. The van der Waals surface area contributed by atoms with Crippen LogP contribution in [0.3, 0.4) is 0 Å². The Morgan fingerprint density at radius 1 is 1.06 bits per heavy atom. The highest BCUT2D eigenvalue weighted by atomic mass is 32.2. The van der Waals surface area contributed by atoms with Gasteiger partial charge in [0.15, 0.2) is 0 Å². The first-order valence-corrected chi connectivity index (χ1v) is 12.5. The number of carbonyl (C=O) groups excluding carboxylic acids is 1. The van der Waals surface area contributed by atoms with Gasteiger partial charge in [0.2, 0.25) is 15.9 Å². The van der Waals surface area contributed by atoms with E-state index in [1.807, 2.05) is 38.1 Å². The summed E-state index contributed by atoms with van der Waals surface area (Å²) < 4.78 is 27.4. The number of nitrogens with zero attached hydrogens (tertiary/aromatic N) is 2. The molecule has 0 bridgehead atoms. The second kappa shape index (κ2) is 10.5. The molecule has 3 rings (SSSR count). The second-order valence-electron chi connectivity index (χ2n) is 8.63. The highest BCUT2D eigenvalue weighted by Gasteiger charge is 2.21. The fourth-order valence-electron chi connectivity index (χ4n) is 3.86. The molecule has 8 heteroatoms. The van der Waals surface area contributed by atoms with Crippen LogP contribution in [0.2, 0.25) is 0 Å². The lowest BCUT2D eigenvalue weighted by Crippen LogP contribution is -2.41. The molecule has 0 saturated carbocycles. The van der Waals surface area contributed by atoms with Gasteiger partial charge < -0.3 is 15.1 Å². The van der Waals surface area contributed by atoms with E-state index in [1.165, 1.54) is 0 Å². The molecule has 2 aromatic rings. The van der Waals surface area contributed by atoms with E-state index in [4.69, 9.17) is 0 Å². The van der Waals surface area contributed by atoms with E-state index in [1.54, 1.807) is 18.2 Å². The second-order valence-corrected chi connectivity index (χ2v) is 10.4. The van der Waals surface area contributed by atoms with E-state index in [0.29, 0.717) is 11.7 Å². The number of sulfonamides is 1. The number of hydrogen-bond acceptors (Lipinski definition) is 5. The van der Waals surface area contributed by atoms with Crippen molar-refractivity contribution in [1.29, 1.82) is 0 Å². The fourth-order valence-corrected chi connectivity index (χ4v) is 4.98. The average Bonchev–Trinajstić information content (AvgIpc) is 2.76. The lowest BCUT2D eigenvalue weighted by molar-refractivity contribution is -0.116. The minimum Gasteiger partial charge on any atom is -0.372 e. The van der Waals surface area contributed by atoms with Crippen molar-refractivity contribution in [2.45, 2.75) is 44.0 Å². The predicted molar refractivity (Wildman–Crippen MR) is 130 cm³/mol. The molecule has 1 fully saturated rings. The lowest BCUT2D eigenvalue weighted by Gasteiger charge is -2.36. The summed E-state index contributed by atoms with van der Waals surface area (Å²) >= 11 is 0. The van der Waals surface area contributed by atoms with Crippen LogP contribution in [0.4, 0.5) is 11.4 Å². The molecule has 174 valence electrons. The number of anilines is 2. The van der Waals surface area contributed by atoms with E-state index in [-0.39, 0.29) is 23.8 Å². The van der Waals surface area contributed by atoms with E-state index in [0.717, 1.165) is 42.7 Å². The summed E-state index contributed by atoms with van der Waals surface area (Å²) in [6.07, 6.45) is 2.34. The van der Waals surface area contributed by atoms with Gasteiger partial charge in [-0.2, -0.15) is 0 Å². The first-order chi connectivity index (χ1) is 15.2. The highest BCUT2D eigenvalue weighted by Crippen LogP contribution is 2.23. The van der Waals surface area contributed by atoms with Crippen LogP contribution in [-0.4, -0.2) is 59.0 Å². The zero-order valence-corrected chi connectivity index (χ0v) is 20.2. The molecular formula is C24H34N4O3S. The van der Waals surface area contributed by atoms with Gasteiger partial charge in [-0.1, -0.05) is 6.07 Å². The number of rotatable bonds is 8. The maximum Gasteiger partial charge on any atom is 0.240 e. The molecule has 1 aliphatic rings. The summed E-state index contributed by atoms with van der Waals surface area (Å²) in [5, 5.41) is 2.84. The number of benzene rings is 2. The van der Waals surface area contributed by atoms with Gasteiger partial charge in [0, 0.05) is 37.4 Å². The summed E-state index contributed by atoms with van der Waals surface area (Å²) in [5.41, 5.74) is 3.77. The van der Waals surface area contributed by atoms with Crippen molar-refractivity contribution >= 4 is 27.3 Å². The van der Waals surface area contributed by atoms with Crippen LogP contribution < -0.4 is 14.9 Å². The zero-order chi connectivity index (χ0) is 23.3. The molecule has 0 atom stereocenters. The fraction of sp³-hybridized carbons (Fsp3) is 0.458. The van der Waals surface area contributed by atoms with Crippen LogP contribution >= 0.6 is 0 Å². The monoisotopic (exact) mass is 458 g/mol. The van der Waals surface area contributed by atoms with Gasteiger partial charge in [-0.15, -0.1) is 0 Å². The number of piperidine rings is 1. The van der Waals surface area contributed by atoms with Crippen molar-refractivity contribution < 1.29 is 13.2 Å². The first-order valence-electron chi connectivity index (χ1n) is 11.0. The number of nitrogens with one attached hydrogen (secondary N) is 2. The third-order valence-electron chi connectivity index (χ3n) is 6.23. The van der Waals surface area contributed by atoms with E-state index in [2.05, 4.69) is 33.9 Å². The van der Waals surface area contributed by atoms with Gasteiger partial charge in [0.25, 0.3) is 0 Å². The van der Waals surface area contributed by atoms with Gasteiger partial charge in [-0.05, 0) is 94.4 Å². The number of carbonyl (C=O) groups is 1. The van der Waals surface area contributed by atoms with Crippen LogP contribution in [0.25, 0.3) is 0 Å². The summed E-state index contributed by atoms with van der Waals surface area (Å²) in [7, 11) is 0.635. The smallest absolute Gasteiger partial charge is 0.240 e. The summed E-state index contributed by atoms with van der Waals surface area (Å²) in [5.74, 6) is -0.232. The Labute approximate surface area is 191 Å². The van der Waals surface area contributed by atoms with Gasteiger partial charge in [0.1, 0.15) is 0 Å². The summed E-state index contributed by atoms with van der Waals surface area (Å²) in [6.45, 7) is 6.06. The lowest BCUT2D eigenvalue weighted by atomic mass is 10.0. The third-order valence-corrected chi connectivity index (χ3v) is 7.69. The number of hydrogen-bond donors (Lipinski definition) is 2. The Bertz CT molecular complexity index is 1030. The number of aryl methyl sites for hydroxylation is 2. The molecule has 7 nitrogen and oxygen atoms in total. The Morgan fingerprint density at radius 2 is 1.72 bits per heavy atom.